The summed E-state index contributed by atoms with van der Waals surface area (Å²) in [4.78, 5) is 27.9. The van der Waals surface area contributed by atoms with Crippen molar-refractivity contribution in [2.24, 2.45) is 0 Å². The van der Waals surface area contributed by atoms with E-state index in [0.29, 0.717) is 37.0 Å². The fourth-order valence-corrected chi connectivity index (χ4v) is 2.60. The first-order chi connectivity index (χ1) is 10.0. The van der Waals surface area contributed by atoms with Gasteiger partial charge in [-0.15, -0.1) is 0 Å². The minimum absolute atomic E-state index is 0.246. The molecule has 0 spiro atoms. The van der Waals surface area contributed by atoms with Crippen LogP contribution in [0.25, 0.3) is 11.1 Å². The molecule has 1 aromatic carbocycles. The molecular weight excluding hydrogens is 276 g/mol. The van der Waals surface area contributed by atoms with Gasteiger partial charge in [0.1, 0.15) is 0 Å². The van der Waals surface area contributed by atoms with E-state index < -0.39 is 11.4 Å². The second-order valence-electron chi connectivity index (χ2n) is 5.37. The van der Waals surface area contributed by atoms with E-state index in [1.807, 2.05) is 0 Å². The van der Waals surface area contributed by atoms with Crippen molar-refractivity contribution in [2.45, 2.75) is 18.4 Å². The van der Waals surface area contributed by atoms with Crippen LogP contribution in [0.4, 0.5) is 0 Å². The molecule has 7 heteroatoms. The summed E-state index contributed by atoms with van der Waals surface area (Å²) in [5, 5.41) is 19.1. The van der Waals surface area contributed by atoms with E-state index in [2.05, 4.69) is 4.98 Å². The number of likely N-dealkylation sites (tertiary alicyclic amines) is 1. The molecule has 1 aromatic heterocycles. The third-order valence-corrected chi connectivity index (χ3v) is 3.95. The SMILES string of the molecule is O=C(c1cccc2[nH]c(=O)oc12)N1CCC(O)(CO)CC1. The minimum atomic E-state index is -1.11. The molecule has 112 valence electrons. The number of nitrogens with zero attached hydrogens (tertiary/aromatic N) is 1. The third-order valence-electron chi connectivity index (χ3n) is 3.95. The van der Waals surface area contributed by atoms with Crippen molar-refractivity contribution >= 4 is 17.0 Å². The van der Waals surface area contributed by atoms with Crippen molar-refractivity contribution in [1.29, 1.82) is 0 Å². The molecule has 0 saturated carbocycles. The highest BCUT2D eigenvalue weighted by molar-refractivity contribution is 6.04. The number of aromatic amines is 1. The summed E-state index contributed by atoms with van der Waals surface area (Å²) < 4.78 is 5.03. The highest BCUT2D eigenvalue weighted by Gasteiger charge is 2.34. The predicted molar refractivity (Wildman–Crippen MR) is 74.0 cm³/mol. The molecule has 0 aliphatic carbocycles. The number of nitrogens with one attached hydrogen (secondary N) is 1. The normalized spacial score (nSPS) is 18.1. The van der Waals surface area contributed by atoms with Gasteiger partial charge in [0, 0.05) is 13.1 Å². The number of benzene rings is 1. The van der Waals surface area contributed by atoms with Gasteiger partial charge in [-0.3, -0.25) is 9.78 Å². The van der Waals surface area contributed by atoms with Crippen LogP contribution in [0.3, 0.4) is 0 Å². The highest BCUT2D eigenvalue weighted by Crippen LogP contribution is 2.24. The summed E-state index contributed by atoms with van der Waals surface area (Å²) >= 11 is 0. The van der Waals surface area contributed by atoms with Crippen LogP contribution in [-0.2, 0) is 0 Å². The van der Waals surface area contributed by atoms with Gasteiger partial charge in [-0.2, -0.15) is 0 Å². The Bertz CT molecular complexity index is 724. The van der Waals surface area contributed by atoms with E-state index in [9.17, 15) is 14.7 Å². The average molecular weight is 292 g/mol. The summed E-state index contributed by atoms with van der Waals surface area (Å²) in [6.45, 7) is 0.388. The molecule has 0 radical (unpaired) electrons. The van der Waals surface area contributed by atoms with Gasteiger partial charge in [0.15, 0.2) is 5.58 Å². The quantitative estimate of drug-likeness (QED) is 0.726. The summed E-state index contributed by atoms with van der Waals surface area (Å²) in [5.74, 6) is -0.845. The van der Waals surface area contributed by atoms with Crippen molar-refractivity contribution in [1.82, 2.24) is 9.88 Å². The number of carbonyl (C=O) groups is 1. The number of aromatic nitrogens is 1. The Labute approximate surface area is 119 Å². The number of aliphatic hydroxyl groups is 2. The van der Waals surface area contributed by atoms with Gasteiger partial charge < -0.3 is 19.5 Å². The fraction of sp³-hybridized carbons (Fsp3) is 0.429. The zero-order valence-electron chi connectivity index (χ0n) is 11.3. The monoisotopic (exact) mass is 292 g/mol. The Morgan fingerprint density at radius 1 is 1.38 bits per heavy atom. The molecule has 2 heterocycles. The van der Waals surface area contributed by atoms with E-state index in [1.54, 1.807) is 23.1 Å². The maximum Gasteiger partial charge on any atom is 0.417 e. The number of fused-ring (bicyclic) bond motifs is 1. The number of piperidine rings is 1. The van der Waals surface area contributed by atoms with Gasteiger partial charge in [0.2, 0.25) is 0 Å². The number of oxazole rings is 1. The lowest BCUT2D eigenvalue weighted by atomic mass is 9.92. The molecule has 3 N–H and O–H groups in total. The Morgan fingerprint density at radius 3 is 2.76 bits per heavy atom. The van der Waals surface area contributed by atoms with Crippen LogP contribution in [0.5, 0.6) is 0 Å². The first-order valence-corrected chi connectivity index (χ1v) is 6.77. The molecule has 0 atom stereocenters. The van der Waals surface area contributed by atoms with Gasteiger partial charge in [0.25, 0.3) is 5.91 Å². The van der Waals surface area contributed by atoms with Crippen LogP contribution < -0.4 is 5.76 Å². The lowest BCUT2D eigenvalue weighted by Gasteiger charge is -2.36. The van der Waals surface area contributed by atoms with E-state index in [-0.39, 0.29) is 18.1 Å². The first-order valence-electron chi connectivity index (χ1n) is 6.77. The summed E-state index contributed by atoms with van der Waals surface area (Å²) in [6.07, 6.45) is 0.643. The van der Waals surface area contributed by atoms with E-state index >= 15 is 0 Å². The van der Waals surface area contributed by atoms with Gasteiger partial charge in [0.05, 0.1) is 23.3 Å². The number of aliphatic hydroxyl groups excluding tert-OH is 1. The molecule has 1 fully saturated rings. The number of carbonyl (C=O) groups excluding carboxylic acids is 1. The van der Waals surface area contributed by atoms with E-state index in [1.165, 1.54) is 0 Å². The van der Waals surface area contributed by atoms with Gasteiger partial charge in [-0.25, -0.2) is 4.79 Å². The van der Waals surface area contributed by atoms with Crippen LogP contribution in [0, 0.1) is 0 Å². The predicted octanol–water partition coefficient (Wildman–Crippen LogP) is 0.0805. The van der Waals surface area contributed by atoms with Crippen LogP contribution >= 0.6 is 0 Å². The van der Waals surface area contributed by atoms with Gasteiger partial charge in [-0.05, 0) is 25.0 Å². The number of H-pyrrole nitrogens is 1. The highest BCUT2D eigenvalue weighted by atomic mass is 16.4. The maximum absolute atomic E-state index is 12.5. The Hall–Kier alpha value is -2.12. The topological polar surface area (TPSA) is 107 Å². The molecular formula is C14H16N2O5. The molecule has 1 saturated heterocycles. The number of amides is 1. The smallest absolute Gasteiger partial charge is 0.407 e. The second kappa shape index (κ2) is 5.01. The van der Waals surface area contributed by atoms with Crippen molar-refractivity contribution in [3.63, 3.8) is 0 Å². The van der Waals surface area contributed by atoms with Crippen molar-refractivity contribution < 1.29 is 19.4 Å². The number of hydrogen-bond donors (Lipinski definition) is 3. The average Bonchev–Trinajstić information content (AvgIpc) is 2.87. The second-order valence-corrected chi connectivity index (χ2v) is 5.37. The first kappa shape index (κ1) is 13.8. The molecule has 2 aromatic rings. The molecule has 0 bridgehead atoms. The third kappa shape index (κ3) is 2.45. The lowest BCUT2D eigenvalue weighted by molar-refractivity contribution is -0.0546. The van der Waals surface area contributed by atoms with Gasteiger partial charge in [-0.1, -0.05) is 6.07 Å². The molecule has 21 heavy (non-hydrogen) atoms. The van der Waals surface area contributed by atoms with E-state index in [0.717, 1.165) is 0 Å². The van der Waals surface area contributed by atoms with E-state index in [4.69, 9.17) is 9.52 Å². The molecule has 0 unspecified atom stereocenters. The standard InChI is InChI=1S/C14H16N2O5/c17-8-14(20)4-6-16(7-5-14)12(18)9-2-1-3-10-11(9)21-13(19)15-10/h1-3,17,20H,4-8H2,(H,15,19). The van der Waals surface area contributed by atoms with Crippen LogP contribution in [-0.4, -0.2) is 51.3 Å². The number of para-hydroxylation sites is 1. The maximum atomic E-state index is 12.5. The molecule has 1 amide bonds. The largest absolute Gasteiger partial charge is 0.417 e. The zero-order valence-corrected chi connectivity index (χ0v) is 11.3. The molecule has 7 nitrogen and oxygen atoms in total. The van der Waals surface area contributed by atoms with Crippen LogP contribution in [0.15, 0.2) is 27.4 Å². The molecule has 1 aliphatic heterocycles. The minimum Gasteiger partial charge on any atom is -0.407 e. The Balaban J connectivity index is 1.87. The Morgan fingerprint density at radius 2 is 2.10 bits per heavy atom. The van der Waals surface area contributed by atoms with Crippen LogP contribution in [0.2, 0.25) is 0 Å². The van der Waals surface area contributed by atoms with Crippen LogP contribution in [0.1, 0.15) is 23.2 Å². The summed E-state index contributed by atoms with van der Waals surface area (Å²) in [5.41, 5.74) is -0.0609. The van der Waals surface area contributed by atoms with Crippen molar-refractivity contribution in [3.05, 3.63) is 34.3 Å². The summed E-state index contributed by atoms with van der Waals surface area (Å²) in [6, 6.07) is 4.95. The lowest BCUT2D eigenvalue weighted by Crippen LogP contribution is -2.48. The Kier molecular flexibility index (Phi) is 3.30. The number of hydrogen-bond acceptors (Lipinski definition) is 5. The summed E-state index contributed by atoms with van der Waals surface area (Å²) in [7, 11) is 0. The van der Waals surface area contributed by atoms with Crippen molar-refractivity contribution in [2.75, 3.05) is 19.7 Å². The zero-order chi connectivity index (χ0) is 15.0. The van der Waals surface area contributed by atoms with Gasteiger partial charge >= 0.3 is 5.76 Å². The fourth-order valence-electron chi connectivity index (χ4n) is 2.60. The molecule has 1 aliphatic rings. The number of rotatable bonds is 2. The molecule has 3 rings (SSSR count). The van der Waals surface area contributed by atoms with Crippen molar-refractivity contribution in [3.8, 4) is 0 Å².